The first kappa shape index (κ1) is 23.1. The molecule has 13 heteroatoms. The van der Waals surface area contributed by atoms with E-state index in [4.69, 9.17) is 4.42 Å². The highest BCUT2D eigenvalue weighted by atomic mass is 32.2. The topological polar surface area (TPSA) is 113 Å². The van der Waals surface area contributed by atoms with Gasteiger partial charge in [0.05, 0.1) is 11.5 Å². The maximum Gasteiger partial charge on any atom is 0.470 e. The van der Waals surface area contributed by atoms with E-state index in [0.29, 0.717) is 11.4 Å². The smallest absolute Gasteiger partial charge is 0.413 e. The Morgan fingerprint density at radius 1 is 1.09 bits per heavy atom. The molecule has 9 nitrogen and oxygen atoms in total. The largest absolute Gasteiger partial charge is 0.470 e. The molecule has 3 aromatic rings. The number of hydrogen-bond donors (Lipinski definition) is 1. The van der Waals surface area contributed by atoms with E-state index in [1.807, 2.05) is 0 Å². The zero-order valence-corrected chi connectivity index (χ0v) is 18.0. The Hall–Kier alpha value is -3.03. The molecule has 1 aliphatic rings. The first-order valence-electron chi connectivity index (χ1n) is 9.93. The second-order valence-electron chi connectivity index (χ2n) is 7.46. The number of aromatic nitrogens is 3. The van der Waals surface area contributed by atoms with Crippen molar-refractivity contribution < 1.29 is 31.1 Å². The monoisotopic (exact) mass is 483 g/mol. The Kier molecular flexibility index (Phi) is 6.36. The first-order chi connectivity index (χ1) is 15.6. The summed E-state index contributed by atoms with van der Waals surface area (Å²) >= 11 is 0. The minimum Gasteiger partial charge on any atom is -0.413 e. The van der Waals surface area contributed by atoms with Crippen molar-refractivity contribution in [3.05, 3.63) is 60.1 Å². The molecule has 0 bridgehead atoms. The highest BCUT2D eigenvalue weighted by molar-refractivity contribution is 7.91. The lowest BCUT2D eigenvalue weighted by Crippen LogP contribution is -2.53. The second kappa shape index (κ2) is 9.08. The normalized spacial score (nSPS) is 17.6. The van der Waals surface area contributed by atoms with Crippen LogP contribution in [0.3, 0.4) is 0 Å². The number of rotatable bonds is 6. The van der Waals surface area contributed by atoms with E-state index >= 15 is 0 Å². The zero-order valence-electron chi connectivity index (χ0n) is 17.2. The maximum atomic E-state index is 12.7. The summed E-state index contributed by atoms with van der Waals surface area (Å²) < 4.78 is 66.2. The number of aliphatic hydroxyl groups excluding tert-OH is 1. The zero-order chi connectivity index (χ0) is 23.6. The van der Waals surface area contributed by atoms with E-state index in [9.17, 15) is 26.7 Å². The number of aliphatic hydroxyl groups is 1. The molecule has 4 rings (SSSR count). The fourth-order valence-electron chi connectivity index (χ4n) is 3.36. The minimum atomic E-state index is -4.72. The van der Waals surface area contributed by atoms with Crippen LogP contribution in [0.5, 0.6) is 0 Å². The third-order valence-electron chi connectivity index (χ3n) is 5.15. The molecule has 0 aliphatic carbocycles. The highest BCUT2D eigenvalue weighted by Crippen LogP contribution is 2.30. The molecule has 176 valence electrons. The van der Waals surface area contributed by atoms with Crippen molar-refractivity contribution in [1.29, 1.82) is 0 Å². The van der Waals surface area contributed by atoms with Crippen molar-refractivity contribution in [1.82, 2.24) is 20.1 Å². The molecule has 2 aromatic heterocycles. The van der Waals surface area contributed by atoms with Crippen molar-refractivity contribution in [3.8, 4) is 11.5 Å². The second-order valence-corrected chi connectivity index (χ2v) is 9.76. The Bertz CT molecular complexity index is 1170. The van der Waals surface area contributed by atoms with Crippen molar-refractivity contribution >= 4 is 15.7 Å². The van der Waals surface area contributed by atoms with Crippen LogP contribution in [0, 0.1) is 0 Å². The number of hydrogen-bond acceptors (Lipinski definition) is 9. The lowest BCUT2D eigenvalue weighted by molar-refractivity contribution is -0.156. The van der Waals surface area contributed by atoms with Gasteiger partial charge in [-0.3, -0.25) is 4.90 Å². The van der Waals surface area contributed by atoms with Gasteiger partial charge >= 0.3 is 12.1 Å². The molecule has 33 heavy (non-hydrogen) atoms. The van der Waals surface area contributed by atoms with E-state index in [-0.39, 0.29) is 37.0 Å². The SMILES string of the molecule is O=S1(=O)CCN(C(O)N(Cc2ccc(-c3nnc(C(F)(F)F)o3)cc2)c2ccccn2)CC1. The van der Waals surface area contributed by atoms with Crippen LogP contribution in [-0.2, 0) is 22.6 Å². The molecular weight excluding hydrogens is 463 g/mol. The summed E-state index contributed by atoms with van der Waals surface area (Å²) in [7, 11) is -3.11. The van der Waals surface area contributed by atoms with Crippen LogP contribution in [0.4, 0.5) is 19.0 Å². The number of nitrogens with zero attached hydrogens (tertiary/aromatic N) is 5. The van der Waals surface area contributed by atoms with Gasteiger partial charge in [-0.2, -0.15) is 13.2 Å². The van der Waals surface area contributed by atoms with Crippen LogP contribution in [0.25, 0.3) is 11.5 Å². The summed E-state index contributed by atoms with van der Waals surface area (Å²) in [6, 6.07) is 11.6. The fraction of sp³-hybridized carbons (Fsp3) is 0.350. The molecule has 0 radical (unpaired) electrons. The number of pyridine rings is 1. The predicted molar refractivity (Wildman–Crippen MR) is 111 cm³/mol. The van der Waals surface area contributed by atoms with Gasteiger partial charge in [0, 0.05) is 31.4 Å². The summed E-state index contributed by atoms with van der Waals surface area (Å²) in [4.78, 5) is 7.56. The molecule has 1 fully saturated rings. The molecule has 0 spiro atoms. The van der Waals surface area contributed by atoms with Crippen LogP contribution in [0.2, 0.25) is 0 Å². The van der Waals surface area contributed by atoms with Crippen molar-refractivity contribution in [2.24, 2.45) is 0 Å². The molecule has 1 atom stereocenters. The number of alkyl halides is 3. The third-order valence-corrected chi connectivity index (χ3v) is 6.76. The molecule has 0 amide bonds. The van der Waals surface area contributed by atoms with Crippen LogP contribution in [0.15, 0.2) is 53.1 Å². The van der Waals surface area contributed by atoms with Crippen LogP contribution < -0.4 is 4.90 Å². The van der Waals surface area contributed by atoms with Gasteiger partial charge in [0.2, 0.25) is 5.89 Å². The molecule has 1 unspecified atom stereocenters. The maximum absolute atomic E-state index is 12.7. The molecule has 0 saturated carbocycles. The van der Waals surface area contributed by atoms with Crippen LogP contribution >= 0.6 is 0 Å². The van der Waals surface area contributed by atoms with Crippen LogP contribution in [-0.4, -0.2) is 64.6 Å². The Morgan fingerprint density at radius 3 is 2.36 bits per heavy atom. The number of benzene rings is 1. The van der Waals surface area contributed by atoms with E-state index in [1.165, 1.54) is 0 Å². The summed E-state index contributed by atoms with van der Waals surface area (Å²) in [5.41, 5.74) is 1.04. The average molecular weight is 483 g/mol. The van der Waals surface area contributed by atoms with Gasteiger partial charge in [0.1, 0.15) is 5.82 Å². The summed E-state index contributed by atoms with van der Waals surface area (Å²) in [5.74, 6) is -1.29. The molecule has 1 aliphatic heterocycles. The van der Waals surface area contributed by atoms with Gasteiger partial charge in [0.15, 0.2) is 16.2 Å². The quantitative estimate of drug-likeness (QED) is 0.527. The highest BCUT2D eigenvalue weighted by Gasteiger charge is 2.38. The van der Waals surface area contributed by atoms with Crippen molar-refractivity contribution in [2.45, 2.75) is 19.1 Å². The fourth-order valence-corrected chi connectivity index (χ4v) is 4.59. The lowest BCUT2D eigenvalue weighted by Gasteiger charge is -2.38. The van der Waals surface area contributed by atoms with Gasteiger partial charge in [-0.05, 0) is 29.8 Å². The first-order valence-corrected chi connectivity index (χ1v) is 11.7. The van der Waals surface area contributed by atoms with Gasteiger partial charge in [-0.1, -0.05) is 18.2 Å². The minimum absolute atomic E-state index is 0.0427. The van der Waals surface area contributed by atoms with E-state index in [2.05, 4.69) is 15.2 Å². The van der Waals surface area contributed by atoms with E-state index in [1.54, 1.807) is 58.5 Å². The lowest BCUT2D eigenvalue weighted by atomic mass is 10.1. The Labute approximate surface area is 187 Å². The molecular formula is C20H20F3N5O4S. The van der Waals surface area contributed by atoms with Crippen molar-refractivity contribution in [2.75, 3.05) is 29.5 Å². The average Bonchev–Trinajstić information content (AvgIpc) is 3.29. The molecule has 1 aromatic carbocycles. The van der Waals surface area contributed by atoms with Gasteiger partial charge < -0.3 is 14.4 Å². The summed E-state index contributed by atoms with van der Waals surface area (Å²) in [5, 5.41) is 17.5. The van der Waals surface area contributed by atoms with Gasteiger partial charge in [-0.25, -0.2) is 13.4 Å². The molecule has 1 saturated heterocycles. The number of anilines is 1. The third kappa shape index (κ3) is 5.49. The Balaban J connectivity index is 1.53. The van der Waals surface area contributed by atoms with Crippen LogP contribution in [0.1, 0.15) is 11.5 Å². The standard InChI is InChI=1S/C20H20F3N5O4S/c21-20(22,23)18-26-25-17(32-18)15-6-4-14(5-7-15)13-28(16-3-1-2-8-24-16)19(29)27-9-11-33(30,31)12-10-27/h1-8,19,29H,9-13H2. The molecule has 3 heterocycles. The molecule has 1 N–H and O–H groups in total. The van der Waals surface area contributed by atoms with Gasteiger partial charge in [0.25, 0.3) is 0 Å². The number of halogens is 3. The van der Waals surface area contributed by atoms with E-state index < -0.39 is 28.3 Å². The Morgan fingerprint density at radius 2 is 1.79 bits per heavy atom. The predicted octanol–water partition coefficient (Wildman–Crippen LogP) is 2.16. The summed E-state index contributed by atoms with van der Waals surface area (Å²) in [6.45, 7) is 0.578. The van der Waals surface area contributed by atoms with Gasteiger partial charge in [-0.15, -0.1) is 10.2 Å². The summed E-state index contributed by atoms with van der Waals surface area (Å²) in [6.07, 6.45) is -4.27. The van der Waals surface area contributed by atoms with E-state index in [0.717, 1.165) is 5.56 Å². The number of sulfone groups is 1. The van der Waals surface area contributed by atoms with Crippen molar-refractivity contribution in [3.63, 3.8) is 0 Å².